The van der Waals surface area contributed by atoms with E-state index in [9.17, 15) is 0 Å². The topological polar surface area (TPSA) is 51.6 Å². The van der Waals surface area contributed by atoms with Crippen molar-refractivity contribution in [2.75, 3.05) is 0 Å². The fraction of sp³-hybridized carbons (Fsp3) is 0.0169. The van der Waals surface area contributed by atoms with Crippen LogP contribution in [0.4, 0.5) is 0 Å². The smallest absolute Gasteiger partial charge is 0.161 e. The van der Waals surface area contributed by atoms with Crippen LogP contribution in [0.5, 0.6) is 0 Å². The molecule has 0 N–H and O–H groups in total. The molecule has 4 aliphatic rings. The van der Waals surface area contributed by atoms with Gasteiger partial charge >= 0.3 is 0 Å². The molecule has 4 aromatic heterocycles. The van der Waals surface area contributed by atoms with Gasteiger partial charge in [0.15, 0.2) is 11.6 Å². The van der Waals surface area contributed by atoms with Crippen LogP contribution < -0.4 is 0 Å². The molecule has 576 valence electrons. The van der Waals surface area contributed by atoms with E-state index in [0.717, 1.165) is 67.3 Å². The minimum atomic E-state index is -0.594. The van der Waals surface area contributed by atoms with Crippen LogP contribution in [-0.4, -0.2) is 19.9 Å². The zero-order valence-electron chi connectivity index (χ0n) is 67.2. The van der Waals surface area contributed by atoms with Gasteiger partial charge in [-0.25, -0.2) is 19.9 Å². The zero-order valence-corrected chi connectivity index (χ0v) is 68.8. The summed E-state index contributed by atoms with van der Waals surface area (Å²) >= 11 is 3.67. The maximum Gasteiger partial charge on any atom is 0.161 e. The maximum atomic E-state index is 5.57. The first kappa shape index (κ1) is 71.5. The van der Waals surface area contributed by atoms with E-state index in [-0.39, 0.29) is 0 Å². The fourth-order valence-corrected chi connectivity index (χ4v) is 23.2. The fourth-order valence-electron chi connectivity index (χ4n) is 21.0. The van der Waals surface area contributed by atoms with Crippen LogP contribution in [-0.2, 0) is 10.8 Å². The van der Waals surface area contributed by atoms with Crippen molar-refractivity contribution in [3.63, 3.8) is 0 Å². The predicted molar refractivity (Wildman–Crippen MR) is 517 cm³/mol. The molecule has 6 heteroatoms. The van der Waals surface area contributed by atoms with Gasteiger partial charge in [0.25, 0.3) is 0 Å². The molecule has 2 spiro atoms. The van der Waals surface area contributed by atoms with Gasteiger partial charge in [-0.1, -0.05) is 376 Å². The number of aromatic nitrogens is 4. The highest BCUT2D eigenvalue weighted by Crippen LogP contribution is 2.65. The minimum Gasteiger partial charge on any atom is -0.228 e. The third-order valence-electron chi connectivity index (χ3n) is 26.3. The molecule has 0 fully saturated rings. The molecule has 4 aliphatic carbocycles. The van der Waals surface area contributed by atoms with Crippen molar-refractivity contribution >= 4 is 63.0 Å². The summed E-state index contributed by atoms with van der Waals surface area (Å²) in [6.45, 7) is 0. The Morgan fingerprint density at radius 2 is 0.468 bits per heavy atom. The Kier molecular flexibility index (Phi) is 16.5. The molecule has 0 aliphatic heterocycles. The van der Waals surface area contributed by atoms with Gasteiger partial charge in [0, 0.05) is 73.7 Å². The normalized spacial score (nSPS) is 13.0. The van der Waals surface area contributed by atoms with Crippen molar-refractivity contribution in [2.24, 2.45) is 0 Å². The standard InChI is InChI=1S/2C59H36N2S/c1-2-16-37(17-3-1)38-18-14-19-39(34-38)53-36-54(40-32-33-56-48(35-40)45-24-9-13-31-55(45)62-56)61-58(60-53)47-26-15-30-52-57(47)46-25-8-12-29-51(46)59(52)49-27-10-6-22-43(49)41-20-4-5-21-42(41)44-23-7-11-28-50(44)59;1-2-15-37(16-3-1)38-17-14-18-39(33-38)54-36-55(40-29-31-48-47-24-9-13-28-56(47)62-57(48)35-40)61-58(60-54)41-30-32-53-49(34-41)46-23-8-12-27-52(46)59(53)50-25-10-6-21-44(50)42-19-4-5-20-43(42)45-22-7-11-26-51(45)59/h2*1-36H. The first-order valence-corrected chi connectivity index (χ1v) is 44.1. The summed E-state index contributed by atoms with van der Waals surface area (Å²) in [7, 11) is 0. The third-order valence-corrected chi connectivity index (χ3v) is 28.6. The van der Waals surface area contributed by atoms with Crippen LogP contribution in [0, 0.1) is 0 Å². The van der Waals surface area contributed by atoms with E-state index in [4.69, 9.17) is 19.9 Å². The summed E-state index contributed by atoms with van der Waals surface area (Å²) < 4.78 is 5.11. The van der Waals surface area contributed by atoms with E-state index >= 15 is 0 Å². The zero-order chi connectivity index (χ0) is 81.6. The molecule has 0 saturated heterocycles. The predicted octanol–water partition coefficient (Wildman–Crippen LogP) is 31.0. The number of rotatable bonds is 8. The molecule has 4 nitrogen and oxygen atoms in total. The molecule has 0 atom stereocenters. The Morgan fingerprint density at radius 3 is 0.976 bits per heavy atom. The van der Waals surface area contributed by atoms with E-state index in [2.05, 4.69) is 437 Å². The van der Waals surface area contributed by atoms with Gasteiger partial charge in [-0.3, -0.25) is 0 Å². The first-order valence-electron chi connectivity index (χ1n) is 42.5. The molecule has 0 saturated carbocycles. The monoisotopic (exact) mass is 1610 g/mol. The van der Waals surface area contributed by atoms with Gasteiger partial charge in [-0.05, 0) is 194 Å². The summed E-state index contributed by atoms with van der Waals surface area (Å²) in [4.78, 5) is 22.0. The van der Waals surface area contributed by atoms with Crippen LogP contribution >= 0.6 is 22.7 Å². The first-order chi connectivity index (χ1) is 61.5. The highest BCUT2D eigenvalue weighted by atomic mass is 32.1. The molecule has 0 unspecified atom stereocenters. The van der Waals surface area contributed by atoms with E-state index < -0.39 is 10.8 Å². The Labute approximate surface area is 726 Å². The summed E-state index contributed by atoms with van der Waals surface area (Å²) in [6, 6.07) is 160. The molecular weight excluding hydrogens is 1540 g/mol. The van der Waals surface area contributed by atoms with Gasteiger partial charge in [0.1, 0.15) is 0 Å². The minimum absolute atomic E-state index is 0.540. The second-order valence-electron chi connectivity index (χ2n) is 32.8. The van der Waals surface area contributed by atoms with Crippen LogP contribution in [0.1, 0.15) is 44.5 Å². The van der Waals surface area contributed by atoms with E-state index in [1.807, 2.05) is 22.7 Å². The summed E-state index contributed by atoms with van der Waals surface area (Å²) in [5, 5.41) is 5.09. The number of nitrogens with zero attached hydrogens (tertiary/aromatic N) is 4. The van der Waals surface area contributed by atoms with Crippen LogP contribution in [0.3, 0.4) is 0 Å². The highest BCUT2D eigenvalue weighted by Gasteiger charge is 2.52. The molecule has 0 amide bonds. The van der Waals surface area contributed by atoms with Crippen molar-refractivity contribution < 1.29 is 0 Å². The van der Waals surface area contributed by atoms with Crippen molar-refractivity contribution in [3.8, 4) is 157 Å². The third kappa shape index (κ3) is 11.1. The summed E-state index contributed by atoms with van der Waals surface area (Å²) in [5.41, 5.74) is 38.5. The van der Waals surface area contributed by atoms with E-state index in [1.165, 1.54) is 163 Å². The van der Waals surface area contributed by atoms with Gasteiger partial charge in [0.05, 0.1) is 33.6 Å². The van der Waals surface area contributed by atoms with Gasteiger partial charge in [0.2, 0.25) is 0 Å². The highest BCUT2D eigenvalue weighted by molar-refractivity contribution is 7.26. The molecule has 0 radical (unpaired) electrons. The molecule has 22 aromatic rings. The SMILES string of the molecule is c1ccc(-c2cccc(-c3cc(-c4ccc5c(c4)sc4ccccc45)nc(-c4ccc5c(c4)-c4ccccc4C54c5ccccc5-c5ccccc5-c5ccccc54)n3)c2)cc1.c1ccc(-c2cccc(-c3cc(-c4ccc5sc6ccccc6c5c4)nc(-c4cccc5c4-c4ccccc4C54c5ccccc5-c5ccccc5-c5ccccc54)n3)c2)cc1. The molecule has 0 bridgehead atoms. The number of fused-ring (bicyclic) bond motifs is 30. The molecule has 18 aromatic carbocycles. The molecule has 124 heavy (non-hydrogen) atoms. The van der Waals surface area contributed by atoms with Crippen molar-refractivity contribution in [2.45, 2.75) is 10.8 Å². The van der Waals surface area contributed by atoms with Crippen molar-refractivity contribution in [3.05, 3.63) is 481 Å². The summed E-state index contributed by atoms with van der Waals surface area (Å²) in [6.07, 6.45) is 0. The van der Waals surface area contributed by atoms with Gasteiger partial charge < -0.3 is 0 Å². The number of benzene rings is 18. The number of hydrogen-bond acceptors (Lipinski definition) is 6. The Hall–Kier alpha value is -15.4. The van der Waals surface area contributed by atoms with Crippen molar-refractivity contribution in [1.82, 2.24) is 19.9 Å². The van der Waals surface area contributed by atoms with Crippen LogP contribution in [0.2, 0.25) is 0 Å². The second-order valence-corrected chi connectivity index (χ2v) is 35.0. The summed E-state index contributed by atoms with van der Waals surface area (Å²) in [5.74, 6) is 1.41. The van der Waals surface area contributed by atoms with E-state index in [0.29, 0.717) is 11.6 Å². The van der Waals surface area contributed by atoms with Crippen LogP contribution in [0.25, 0.3) is 197 Å². The maximum absolute atomic E-state index is 5.57. The Bertz CT molecular complexity index is 8020. The van der Waals surface area contributed by atoms with Crippen LogP contribution in [0.15, 0.2) is 437 Å². The Balaban J connectivity index is 0.000000136. The number of thiophene rings is 2. The molecule has 26 rings (SSSR count). The molecular formula is C118H72N4S2. The van der Waals surface area contributed by atoms with Crippen molar-refractivity contribution in [1.29, 1.82) is 0 Å². The lowest BCUT2D eigenvalue weighted by atomic mass is 9.66. The van der Waals surface area contributed by atoms with Gasteiger partial charge in [-0.15, -0.1) is 22.7 Å². The average molecular weight is 1610 g/mol. The van der Waals surface area contributed by atoms with Gasteiger partial charge in [-0.2, -0.15) is 0 Å². The quantitative estimate of drug-likeness (QED) is 0.152. The lowest BCUT2D eigenvalue weighted by Gasteiger charge is -2.35. The Morgan fingerprint density at radius 1 is 0.153 bits per heavy atom. The lowest BCUT2D eigenvalue weighted by Crippen LogP contribution is -2.29. The van der Waals surface area contributed by atoms with E-state index in [1.54, 1.807) is 0 Å². The largest absolute Gasteiger partial charge is 0.228 e. The molecule has 4 heterocycles. The average Bonchev–Trinajstić information content (AvgIpc) is 1.52. The number of hydrogen-bond donors (Lipinski definition) is 0. The lowest BCUT2D eigenvalue weighted by molar-refractivity contribution is 0.775. The second kappa shape index (κ2) is 28.6.